The van der Waals surface area contributed by atoms with Crippen molar-refractivity contribution in [3.8, 4) is 0 Å². The maximum absolute atomic E-state index is 12.5. The van der Waals surface area contributed by atoms with Gasteiger partial charge in [-0.05, 0) is 37.1 Å². The highest BCUT2D eigenvalue weighted by molar-refractivity contribution is 5.98. The van der Waals surface area contributed by atoms with Crippen molar-refractivity contribution in [3.63, 3.8) is 0 Å². The van der Waals surface area contributed by atoms with Crippen LogP contribution in [0.4, 0.5) is 0 Å². The highest BCUT2D eigenvalue weighted by atomic mass is 16.3. The van der Waals surface area contributed by atoms with Crippen LogP contribution in [-0.4, -0.2) is 28.1 Å². The summed E-state index contributed by atoms with van der Waals surface area (Å²) >= 11 is 0. The molecule has 3 rings (SSSR count). The van der Waals surface area contributed by atoms with E-state index < -0.39 is 5.54 Å². The maximum Gasteiger partial charge on any atom is 0.251 e. The molecular weight excluding hydrogens is 264 g/mol. The van der Waals surface area contributed by atoms with Gasteiger partial charge in [0.15, 0.2) is 0 Å². The summed E-state index contributed by atoms with van der Waals surface area (Å²) in [4.78, 5) is 16.7. The fraction of sp³-hybridized carbons (Fsp3) is 0.412. The van der Waals surface area contributed by atoms with Crippen molar-refractivity contribution in [1.29, 1.82) is 0 Å². The van der Waals surface area contributed by atoms with Gasteiger partial charge < -0.3 is 10.4 Å². The van der Waals surface area contributed by atoms with Crippen LogP contribution in [0, 0.1) is 0 Å². The Morgan fingerprint density at radius 3 is 2.81 bits per heavy atom. The number of nitrogens with zero attached hydrogens (tertiary/aromatic N) is 1. The molecule has 110 valence electrons. The van der Waals surface area contributed by atoms with E-state index >= 15 is 0 Å². The van der Waals surface area contributed by atoms with E-state index in [2.05, 4.69) is 10.3 Å². The summed E-state index contributed by atoms with van der Waals surface area (Å²) < 4.78 is 0. The van der Waals surface area contributed by atoms with Gasteiger partial charge in [0.25, 0.3) is 5.91 Å². The Balaban J connectivity index is 1.82. The predicted octanol–water partition coefficient (Wildman–Crippen LogP) is 2.66. The summed E-state index contributed by atoms with van der Waals surface area (Å²) in [5.41, 5.74) is 1.05. The Bertz CT molecular complexity index is 648. The Kier molecular flexibility index (Phi) is 3.88. The number of aliphatic hydroxyl groups excluding tert-OH is 1. The molecule has 2 N–H and O–H groups in total. The number of amides is 1. The van der Waals surface area contributed by atoms with Crippen LogP contribution < -0.4 is 5.32 Å². The van der Waals surface area contributed by atoms with Gasteiger partial charge in [0.1, 0.15) is 0 Å². The second-order valence-electron chi connectivity index (χ2n) is 5.86. The molecule has 1 fully saturated rings. The second-order valence-corrected chi connectivity index (χ2v) is 5.86. The van der Waals surface area contributed by atoms with E-state index in [1.807, 2.05) is 24.3 Å². The molecule has 1 aliphatic carbocycles. The summed E-state index contributed by atoms with van der Waals surface area (Å²) in [5, 5.41) is 13.7. The van der Waals surface area contributed by atoms with Gasteiger partial charge in [-0.3, -0.25) is 9.78 Å². The van der Waals surface area contributed by atoms with Crippen LogP contribution in [0.25, 0.3) is 10.9 Å². The van der Waals surface area contributed by atoms with E-state index in [0.29, 0.717) is 5.56 Å². The lowest BCUT2D eigenvalue weighted by atomic mass is 9.82. The summed E-state index contributed by atoms with van der Waals surface area (Å²) in [7, 11) is 0. The van der Waals surface area contributed by atoms with Gasteiger partial charge in [-0.15, -0.1) is 0 Å². The largest absolute Gasteiger partial charge is 0.394 e. The van der Waals surface area contributed by atoms with Crippen LogP contribution in [0.1, 0.15) is 42.5 Å². The van der Waals surface area contributed by atoms with Crippen molar-refractivity contribution < 1.29 is 9.90 Å². The highest BCUT2D eigenvalue weighted by Crippen LogP contribution is 2.28. The molecule has 0 atom stereocenters. The number of hydrogen-bond acceptors (Lipinski definition) is 3. The quantitative estimate of drug-likeness (QED) is 0.911. The number of aliphatic hydroxyl groups is 1. The summed E-state index contributed by atoms with van der Waals surface area (Å²) in [6, 6.07) is 9.31. The molecule has 1 heterocycles. The number of carbonyl (C=O) groups is 1. The highest BCUT2D eigenvalue weighted by Gasteiger charge is 2.33. The van der Waals surface area contributed by atoms with E-state index in [0.717, 1.165) is 36.6 Å². The molecule has 1 aromatic heterocycles. The molecule has 2 aromatic rings. The van der Waals surface area contributed by atoms with Crippen molar-refractivity contribution in [1.82, 2.24) is 10.3 Å². The van der Waals surface area contributed by atoms with Crippen molar-refractivity contribution >= 4 is 16.8 Å². The summed E-state index contributed by atoms with van der Waals surface area (Å²) in [6.07, 6.45) is 6.74. The molecule has 1 saturated carbocycles. The Morgan fingerprint density at radius 2 is 2.05 bits per heavy atom. The minimum absolute atomic E-state index is 0.00781. The number of aromatic nitrogens is 1. The first kappa shape index (κ1) is 14.0. The number of fused-ring (bicyclic) bond motifs is 1. The number of hydrogen-bond donors (Lipinski definition) is 2. The Hall–Kier alpha value is -1.94. The molecule has 0 aliphatic heterocycles. The van der Waals surface area contributed by atoms with Crippen LogP contribution in [-0.2, 0) is 0 Å². The zero-order valence-corrected chi connectivity index (χ0v) is 12.0. The van der Waals surface area contributed by atoms with Crippen LogP contribution in [0.15, 0.2) is 36.5 Å². The minimum Gasteiger partial charge on any atom is -0.394 e. The third kappa shape index (κ3) is 2.90. The molecule has 0 saturated heterocycles. The lowest BCUT2D eigenvalue weighted by molar-refractivity contribution is 0.0759. The van der Waals surface area contributed by atoms with Crippen LogP contribution in [0.3, 0.4) is 0 Å². The molecule has 4 nitrogen and oxygen atoms in total. The third-order valence-corrected chi connectivity index (χ3v) is 4.36. The molecule has 1 aliphatic rings. The predicted molar refractivity (Wildman–Crippen MR) is 82.1 cm³/mol. The zero-order valence-electron chi connectivity index (χ0n) is 12.0. The average molecular weight is 284 g/mol. The average Bonchev–Trinajstić information content (AvgIpc) is 2.55. The van der Waals surface area contributed by atoms with E-state index in [1.54, 1.807) is 12.3 Å². The summed E-state index contributed by atoms with van der Waals surface area (Å²) in [5.74, 6) is -0.114. The van der Waals surface area contributed by atoms with Crippen molar-refractivity contribution in [2.45, 2.75) is 37.6 Å². The molecule has 4 heteroatoms. The topological polar surface area (TPSA) is 62.2 Å². The first-order valence-corrected chi connectivity index (χ1v) is 7.51. The standard InChI is InChI=1S/C17H20N2O2/c20-12-17(8-2-1-3-9-17)19-16(21)14-6-7-15-13(11-14)5-4-10-18-15/h4-7,10-11,20H,1-3,8-9,12H2,(H,19,21). The molecule has 0 spiro atoms. The minimum atomic E-state index is -0.445. The van der Waals surface area contributed by atoms with Gasteiger partial charge in [-0.2, -0.15) is 0 Å². The van der Waals surface area contributed by atoms with Crippen LogP contribution >= 0.6 is 0 Å². The Morgan fingerprint density at radius 1 is 1.24 bits per heavy atom. The van der Waals surface area contributed by atoms with Crippen molar-refractivity contribution in [3.05, 3.63) is 42.1 Å². The Labute approximate surface area is 124 Å². The number of benzene rings is 1. The molecule has 0 bridgehead atoms. The number of pyridine rings is 1. The van der Waals surface area contributed by atoms with Crippen LogP contribution in [0.2, 0.25) is 0 Å². The van der Waals surface area contributed by atoms with Gasteiger partial charge in [0, 0.05) is 17.1 Å². The molecule has 1 amide bonds. The van der Waals surface area contributed by atoms with Gasteiger partial charge >= 0.3 is 0 Å². The fourth-order valence-corrected chi connectivity index (χ4v) is 3.08. The van der Waals surface area contributed by atoms with E-state index in [9.17, 15) is 9.90 Å². The summed E-state index contributed by atoms with van der Waals surface area (Å²) in [6.45, 7) is 0.00781. The monoisotopic (exact) mass is 284 g/mol. The number of nitrogens with one attached hydrogen (secondary N) is 1. The molecule has 1 aromatic carbocycles. The number of rotatable bonds is 3. The molecular formula is C17H20N2O2. The maximum atomic E-state index is 12.5. The molecule has 21 heavy (non-hydrogen) atoms. The third-order valence-electron chi connectivity index (χ3n) is 4.36. The first-order valence-electron chi connectivity index (χ1n) is 7.51. The smallest absolute Gasteiger partial charge is 0.251 e. The SMILES string of the molecule is O=C(NC1(CO)CCCCC1)c1ccc2ncccc2c1. The number of carbonyl (C=O) groups excluding carboxylic acids is 1. The lowest BCUT2D eigenvalue weighted by Gasteiger charge is -2.36. The molecule has 0 unspecified atom stereocenters. The van der Waals surface area contributed by atoms with Crippen molar-refractivity contribution in [2.24, 2.45) is 0 Å². The van der Waals surface area contributed by atoms with Crippen molar-refractivity contribution in [2.75, 3.05) is 6.61 Å². The zero-order chi connectivity index (χ0) is 14.7. The van der Waals surface area contributed by atoms with Gasteiger partial charge in [0.2, 0.25) is 0 Å². The normalized spacial score (nSPS) is 17.6. The van der Waals surface area contributed by atoms with E-state index in [-0.39, 0.29) is 12.5 Å². The van der Waals surface area contributed by atoms with Gasteiger partial charge in [0.05, 0.1) is 17.7 Å². The van der Waals surface area contributed by atoms with Crippen LogP contribution in [0.5, 0.6) is 0 Å². The van der Waals surface area contributed by atoms with Gasteiger partial charge in [-0.1, -0.05) is 25.3 Å². The molecule has 0 radical (unpaired) electrons. The lowest BCUT2D eigenvalue weighted by Crippen LogP contribution is -2.52. The van der Waals surface area contributed by atoms with E-state index in [4.69, 9.17) is 0 Å². The fourth-order valence-electron chi connectivity index (χ4n) is 3.08. The first-order chi connectivity index (χ1) is 10.2. The van der Waals surface area contributed by atoms with E-state index in [1.165, 1.54) is 6.42 Å². The van der Waals surface area contributed by atoms with Gasteiger partial charge in [-0.25, -0.2) is 0 Å². The second kappa shape index (κ2) is 5.82.